The van der Waals surface area contributed by atoms with Crippen LogP contribution in [0.3, 0.4) is 0 Å². The van der Waals surface area contributed by atoms with E-state index in [-0.39, 0.29) is 12.6 Å². The highest BCUT2D eigenvalue weighted by Crippen LogP contribution is 2.16. The molecule has 0 radical (unpaired) electrons. The Morgan fingerprint density at radius 1 is 1.35 bits per heavy atom. The van der Waals surface area contributed by atoms with Gasteiger partial charge >= 0.3 is 6.18 Å². The minimum Gasteiger partial charge on any atom is -0.302 e. The van der Waals surface area contributed by atoms with Gasteiger partial charge in [-0.3, -0.25) is 4.90 Å². The zero-order chi connectivity index (χ0) is 13.3. The number of rotatable bonds is 8. The van der Waals surface area contributed by atoms with Crippen molar-refractivity contribution in [3.63, 3.8) is 0 Å². The van der Waals surface area contributed by atoms with Gasteiger partial charge in [-0.1, -0.05) is 13.8 Å². The number of hydrogen-bond donors (Lipinski definition) is 1. The molecule has 0 aromatic carbocycles. The highest BCUT2D eigenvalue weighted by atomic mass is 19.4. The van der Waals surface area contributed by atoms with Gasteiger partial charge in [0, 0.05) is 6.54 Å². The van der Waals surface area contributed by atoms with E-state index in [1.54, 1.807) is 6.92 Å². The SMILES string of the molecule is CCCNC(C#N)CCN(CC)CC(F)(F)F. The molecule has 0 bridgehead atoms. The molecule has 0 aliphatic rings. The lowest BCUT2D eigenvalue weighted by Gasteiger charge is -2.23. The number of nitrogens with one attached hydrogen (secondary N) is 1. The summed E-state index contributed by atoms with van der Waals surface area (Å²) in [6.07, 6.45) is -2.85. The number of alkyl halides is 3. The maximum atomic E-state index is 12.2. The molecule has 0 amide bonds. The van der Waals surface area contributed by atoms with Crippen LogP contribution in [0.4, 0.5) is 13.2 Å². The third-order valence-corrected chi connectivity index (χ3v) is 2.38. The zero-order valence-corrected chi connectivity index (χ0v) is 10.3. The first-order valence-electron chi connectivity index (χ1n) is 5.85. The standard InChI is InChI=1S/C11H20F3N3/c1-3-6-16-10(8-15)5-7-17(4-2)9-11(12,13)14/h10,16H,3-7,9H2,1-2H3. The van der Waals surface area contributed by atoms with Gasteiger partial charge in [0.2, 0.25) is 0 Å². The monoisotopic (exact) mass is 251 g/mol. The van der Waals surface area contributed by atoms with Gasteiger partial charge < -0.3 is 5.32 Å². The van der Waals surface area contributed by atoms with Crippen LogP contribution in [-0.4, -0.2) is 43.3 Å². The van der Waals surface area contributed by atoms with Gasteiger partial charge in [0.05, 0.1) is 18.7 Å². The van der Waals surface area contributed by atoms with Gasteiger partial charge in [-0.25, -0.2) is 0 Å². The van der Waals surface area contributed by atoms with Crippen molar-refractivity contribution in [3.8, 4) is 6.07 Å². The fourth-order valence-electron chi connectivity index (χ4n) is 1.45. The normalized spacial score (nSPS) is 13.7. The number of nitriles is 1. The number of nitrogens with zero attached hydrogens (tertiary/aromatic N) is 2. The Hall–Kier alpha value is -0.800. The molecule has 0 aromatic heterocycles. The van der Waals surface area contributed by atoms with Gasteiger partial charge in [-0.05, 0) is 25.9 Å². The Morgan fingerprint density at radius 3 is 2.41 bits per heavy atom. The van der Waals surface area contributed by atoms with Gasteiger partial charge in [0.1, 0.15) is 0 Å². The third-order valence-electron chi connectivity index (χ3n) is 2.38. The summed E-state index contributed by atoms with van der Waals surface area (Å²) >= 11 is 0. The molecule has 0 aromatic rings. The highest BCUT2D eigenvalue weighted by molar-refractivity contribution is 4.90. The first-order valence-corrected chi connectivity index (χ1v) is 5.85. The fraction of sp³-hybridized carbons (Fsp3) is 0.909. The number of halogens is 3. The Bertz CT molecular complexity index is 235. The first kappa shape index (κ1) is 16.2. The second-order valence-electron chi connectivity index (χ2n) is 3.91. The van der Waals surface area contributed by atoms with E-state index in [2.05, 4.69) is 11.4 Å². The lowest BCUT2D eigenvalue weighted by atomic mass is 10.2. The molecule has 0 aliphatic heterocycles. The predicted molar refractivity (Wildman–Crippen MR) is 60.5 cm³/mol. The smallest absolute Gasteiger partial charge is 0.302 e. The minimum absolute atomic E-state index is 0.283. The lowest BCUT2D eigenvalue weighted by molar-refractivity contribution is -0.145. The van der Waals surface area contributed by atoms with E-state index in [1.165, 1.54) is 4.90 Å². The van der Waals surface area contributed by atoms with Crippen molar-refractivity contribution in [1.82, 2.24) is 10.2 Å². The topological polar surface area (TPSA) is 39.1 Å². The Balaban J connectivity index is 3.99. The van der Waals surface area contributed by atoms with E-state index >= 15 is 0 Å². The average Bonchev–Trinajstić information content (AvgIpc) is 2.26. The maximum absolute atomic E-state index is 12.2. The van der Waals surface area contributed by atoms with Crippen molar-refractivity contribution in [3.05, 3.63) is 0 Å². The Kier molecular flexibility index (Phi) is 7.92. The first-order chi connectivity index (χ1) is 7.92. The van der Waals surface area contributed by atoms with E-state index in [0.717, 1.165) is 6.42 Å². The molecule has 1 unspecified atom stereocenters. The summed E-state index contributed by atoms with van der Waals surface area (Å²) in [6.45, 7) is 4.09. The van der Waals surface area contributed by atoms with E-state index in [0.29, 0.717) is 19.5 Å². The van der Waals surface area contributed by atoms with Crippen molar-refractivity contribution in [2.24, 2.45) is 0 Å². The molecule has 0 aliphatic carbocycles. The van der Waals surface area contributed by atoms with Gasteiger partial charge in [0.15, 0.2) is 0 Å². The van der Waals surface area contributed by atoms with Gasteiger partial charge in [-0.15, -0.1) is 0 Å². The van der Waals surface area contributed by atoms with E-state index in [4.69, 9.17) is 5.26 Å². The Morgan fingerprint density at radius 2 is 2.00 bits per heavy atom. The summed E-state index contributed by atoms with van der Waals surface area (Å²) in [5, 5.41) is 11.8. The molecule has 100 valence electrons. The van der Waals surface area contributed by atoms with Crippen molar-refractivity contribution in [2.45, 2.75) is 38.9 Å². The molecule has 0 fully saturated rings. The summed E-state index contributed by atoms with van der Waals surface area (Å²) in [5.74, 6) is 0. The van der Waals surface area contributed by atoms with Crippen molar-refractivity contribution in [2.75, 3.05) is 26.2 Å². The van der Waals surface area contributed by atoms with Crippen LogP contribution in [0.5, 0.6) is 0 Å². The minimum atomic E-state index is -4.17. The summed E-state index contributed by atoms with van der Waals surface area (Å²) in [5.41, 5.74) is 0. The maximum Gasteiger partial charge on any atom is 0.401 e. The average molecular weight is 251 g/mol. The summed E-state index contributed by atoms with van der Waals surface area (Å²) in [7, 11) is 0. The predicted octanol–water partition coefficient (Wildman–Crippen LogP) is 2.15. The highest BCUT2D eigenvalue weighted by Gasteiger charge is 2.30. The molecule has 0 heterocycles. The zero-order valence-electron chi connectivity index (χ0n) is 10.3. The lowest BCUT2D eigenvalue weighted by Crippen LogP contribution is -2.38. The third kappa shape index (κ3) is 8.95. The van der Waals surface area contributed by atoms with E-state index in [1.807, 2.05) is 6.92 Å². The molecule has 6 heteroatoms. The molecule has 1 N–H and O–H groups in total. The van der Waals surface area contributed by atoms with E-state index < -0.39 is 12.7 Å². The van der Waals surface area contributed by atoms with Crippen LogP contribution in [0.2, 0.25) is 0 Å². The fourth-order valence-corrected chi connectivity index (χ4v) is 1.45. The summed E-state index contributed by atoms with van der Waals surface area (Å²) < 4.78 is 36.5. The molecular weight excluding hydrogens is 231 g/mol. The van der Waals surface area contributed by atoms with Crippen LogP contribution in [0, 0.1) is 11.3 Å². The van der Waals surface area contributed by atoms with Crippen molar-refractivity contribution in [1.29, 1.82) is 5.26 Å². The van der Waals surface area contributed by atoms with Gasteiger partial charge in [0.25, 0.3) is 0 Å². The molecule has 3 nitrogen and oxygen atoms in total. The summed E-state index contributed by atoms with van der Waals surface area (Å²) in [4.78, 5) is 1.30. The molecule has 0 saturated heterocycles. The van der Waals surface area contributed by atoms with Crippen LogP contribution in [-0.2, 0) is 0 Å². The second kappa shape index (κ2) is 8.31. The van der Waals surface area contributed by atoms with Crippen LogP contribution < -0.4 is 5.32 Å². The largest absolute Gasteiger partial charge is 0.401 e. The van der Waals surface area contributed by atoms with Crippen molar-refractivity contribution >= 4 is 0 Å². The van der Waals surface area contributed by atoms with E-state index in [9.17, 15) is 13.2 Å². The Labute approximate surface area is 101 Å². The molecule has 1 atom stereocenters. The molecule has 0 rings (SSSR count). The quantitative estimate of drug-likeness (QED) is 0.718. The van der Waals surface area contributed by atoms with Gasteiger partial charge in [-0.2, -0.15) is 18.4 Å². The molecule has 0 saturated carbocycles. The molecule has 0 spiro atoms. The van der Waals surface area contributed by atoms with Crippen LogP contribution in [0.15, 0.2) is 0 Å². The number of hydrogen-bond acceptors (Lipinski definition) is 3. The van der Waals surface area contributed by atoms with Crippen LogP contribution in [0.1, 0.15) is 26.7 Å². The summed E-state index contributed by atoms with van der Waals surface area (Å²) in [6, 6.07) is 1.70. The second-order valence-corrected chi connectivity index (χ2v) is 3.91. The molecule has 17 heavy (non-hydrogen) atoms. The van der Waals surface area contributed by atoms with Crippen molar-refractivity contribution < 1.29 is 13.2 Å². The molecular formula is C11H20F3N3. The van der Waals surface area contributed by atoms with Crippen LogP contribution in [0.25, 0.3) is 0 Å². The van der Waals surface area contributed by atoms with Crippen LogP contribution >= 0.6 is 0 Å².